The molecule has 20 heavy (non-hydrogen) atoms. The zero-order chi connectivity index (χ0) is 13.8. The molecule has 1 unspecified atom stereocenters. The van der Waals surface area contributed by atoms with Gasteiger partial charge in [0.25, 0.3) is 0 Å². The van der Waals surface area contributed by atoms with E-state index in [2.05, 4.69) is 45.2 Å². The number of nitrogens with one attached hydrogen (secondary N) is 1. The van der Waals surface area contributed by atoms with E-state index in [0.29, 0.717) is 5.88 Å². The fourth-order valence-electron chi connectivity index (χ4n) is 2.19. The minimum absolute atomic E-state index is 0.263. The Morgan fingerprint density at radius 2 is 2.15 bits per heavy atom. The smallest absolute Gasteiger partial charge is 0.193 e. The van der Waals surface area contributed by atoms with E-state index in [1.54, 1.807) is 11.3 Å². The van der Waals surface area contributed by atoms with Crippen LogP contribution in [0.4, 0.5) is 0 Å². The van der Waals surface area contributed by atoms with Crippen LogP contribution in [0.2, 0.25) is 0 Å². The summed E-state index contributed by atoms with van der Waals surface area (Å²) < 4.78 is 2.05. The molecule has 0 fully saturated rings. The van der Waals surface area contributed by atoms with Crippen molar-refractivity contribution in [2.24, 2.45) is 0 Å². The summed E-state index contributed by atoms with van der Waals surface area (Å²) in [6.45, 7) is 0.749. The molecule has 1 aromatic carbocycles. The molecular formula is C15H16ClN3S. The molecule has 1 atom stereocenters. The molecule has 104 valence electrons. The molecule has 0 bridgehead atoms. The van der Waals surface area contributed by atoms with Crippen molar-refractivity contribution in [2.75, 3.05) is 5.88 Å². The van der Waals surface area contributed by atoms with Crippen LogP contribution >= 0.6 is 22.9 Å². The molecule has 0 saturated carbocycles. The third kappa shape index (κ3) is 3.20. The van der Waals surface area contributed by atoms with Gasteiger partial charge in [-0.15, -0.1) is 22.9 Å². The minimum Gasteiger partial charge on any atom is -0.307 e. The topological polar surface area (TPSA) is 29.3 Å². The second-order valence-electron chi connectivity index (χ2n) is 4.75. The average Bonchev–Trinajstić information content (AvgIpc) is 3.05. The monoisotopic (exact) mass is 305 g/mol. The zero-order valence-electron chi connectivity index (χ0n) is 11.0. The molecule has 0 spiro atoms. The summed E-state index contributed by atoms with van der Waals surface area (Å²) >= 11 is 7.70. The van der Waals surface area contributed by atoms with Gasteiger partial charge in [0.2, 0.25) is 0 Å². The standard InChI is InChI=1S/C15H16ClN3S/c16-9-13(8-12-4-2-1-3-5-12)17-10-14-11-19-6-7-20-15(19)18-14/h1-7,11,13,17H,8-10H2. The Bertz CT molecular complexity index is 633. The van der Waals surface area contributed by atoms with Crippen LogP contribution in [0, 0.1) is 0 Å². The molecule has 3 rings (SSSR count). The lowest BCUT2D eigenvalue weighted by atomic mass is 10.1. The summed E-state index contributed by atoms with van der Waals surface area (Å²) in [5, 5.41) is 5.52. The number of halogens is 1. The number of nitrogens with zero attached hydrogens (tertiary/aromatic N) is 2. The summed E-state index contributed by atoms with van der Waals surface area (Å²) in [5.41, 5.74) is 2.36. The highest BCUT2D eigenvalue weighted by atomic mass is 35.5. The molecule has 5 heteroatoms. The fourth-order valence-corrected chi connectivity index (χ4v) is 3.13. The summed E-state index contributed by atoms with van der Waals surface area (Å²) in [5.74, 6) is 0.594. The van der Waals surface area contributed by atoms with E-state index in [-0.39, 0.29) is 6.04 Å². The van der Waals surface area contributed by atoms with Gasteiger partial charge >= 0.3 is 0 Å². The molecule has 0 aliphatic heterocycles. The van der Waals surface area contributed by atoms with Crippen molar-refractivity contribution in [3.05, 3.63) is 59.4 Å². The van der Waals surface area contributed by atoms with E-state index in [0.717, 1.165) is 23.6 Å². The van der Waals surface area contributed by atoms with Crippen LogP contribution in [0.15, 0.2) is 48.1 Å². The van der Waals surface area contributed by atoms with Gasteiger partial charge in [-0.05, 0) is 12.0 Å². The van der Waals surface area contributed by atoms with Gasteiger partial charge in [0.1, 0.15) is 0 Å². The molecule has 0 amide bonds. The van der Waals surface area contributed by atoms with E-state index >= 15 is 0 Å². The highest BCUT2D eigenvalue weighted by Gasteiger charge is 2.09. The molecule has 1 N–H and O–H groups in total. The van der Waals surface area contributed by atoms with Crippen LogP contribution < -0.4 is 5.32 Å². The number of hydrogen-bond acceptors (Lipinski definition) is 3. The van der Waals surface area contributed by atoms with Crippen molar-refractivity contribution in [1.82, 2.24) is 14.7 Å². The lowest BCUT2D eigenvalue weighted by molar-refractivity contribution is 0.545. The summed E-state index contributed by atoms with van der Waals surface area (Å²) in [6.07, 6.45) is 5.03. The zero-order valence-corrected chi connectivity index (χ0v) is 12.6. The first-order valence-corrected chi connectivity index (χ1v) is 8.01. The van der Waals surface area contributed by atoms with E-state index in [1.165, 1.54) is 5.56 Å². The van der Waals surface area contributed by atoms with Crippen molar-refractivity contribution in [3.8, 4) is 0 Å². The molecule has 2 aromatic heterocycles. The van der Waals surface area contributed by atoms with E-state index in [9.17, 15) is 0 Å². The second kappa shape index (κ2) is 6.39. The number of thiazole rings is 1. The maximum absolute atomic E-state index is 6.06. The Hall–Kier alpha value is -1.36. The van der Waals surface area contributed by atoms with Crippen molar-refractivity contribution >= 4 is 27.9 Å². The van der Waals surface area contributed by atoms with Gasteiger partial charge in [-0.3, -0.25) is 4.40 Å². The molecule has 3 nitrogen and oxygen atoms in total. The molecule has 2 heterocycles. The highest BCUT2D eigenvalue weighted by molar-refractivity contribution is 7.15. The van der Waals surface area contributed by atoms with Crippen molar-refractivity contribution in [3.63, 3.8) is 0 Å². The summed E-state index contributed by atoms with van der Waals surface area (Å²) in [7, 11) is 0. The van der Waals surface area contributed by atoms with Crippen molar-refractivity contribution < 1.29 is 0 Å². The molecule has 0 radical (unpaired) electrons. The van der Waals surface area contributed by atoms with Crippen LogP contribution in [0.1, 0.15) is 11.3 Å². The van der Waals surface area contributed by atoms with E-state index in [4.69, 9.17) is 11.6 Å². The van der Waals surface area contributed by atoms with Gasteiger partial charge in [0.05, 0.1) is 5.69 Å². The van der Waals surface area contributed by atoms with Gasteiger partial charge in [0, 0.05) is 36.2 Å². The number of imidazole rings is 1. The van der Waals surface area contributed by atoms with Gasteiger partial charge in [-0.25, -0.2) is 4.98 Å². The third-order valence-electron chi connectivity index (χ3n) is 3.23. The van der Waals surface area contributed by atoms with Gasteiger partial charge in [-0.2, -0.15) is 0 Å². The molecule has 3 aromatic rings. The van der Waals surface area contributed by atoms with E-state index in [1.807, 2.05) is 17.6 Å². The van der Waals surface area contributed by atoms with Crippen LogP contribution in [0.3, 0.4) is 0 Å². The third-order valence-corrected chi connectivity index (χ3v) is 4.37. The lowest BCUT2D eigenvalue weighted by Gasteiger charge is -2.15. The first kappa shape index (κ1) is 13.6. The van der Waals surface area contributed by atoms with Crippen LogP contribution in [0.25, 0.3) is 4.96 Å². The van der Waals surface area contributed by atoms with E-state index < -0.39 is 0 Å². The molecule has 0 aliphatic carbocycles. The van der Waals surface area contributed by atoms with Crippen molar-refractivity contribution in [1.29, 1.82) is 0 Å². The summed E-state index contributed by atoms with van der Waals surface area (Å²) in [6, 6.07) is 10.7. The predicted molar refractivity (Wildman–Crippen MR) is 84.6 cm³/mol. The summed E-state index contributed by atoms with van der Waals surface area (Å²) in [4.78, 5) is 5.60. The van der Waals surface area contributed by atoms with Crippen molar-refractivity contribution in [2.45, 2.75) is 19.0 Å². The Morgan fingerprint density at radius 3 is 2.90 bits per heavy atom. The van der Waals surface area contributed by atoms with Gasteiger partial charge in [0.15, 0.2) is 4.96 Å². The maximum atomic E-state index is 6.06. The largest absolute Gasteiger partial charge is 0.307 e. The normalized spacial score (nSPS) is 12.8. The second-order valence-corrected chi connectivity index (χ2v) is 5.93. The molecule has 0 saturated heterocycles. The number of alkyl halides is 1. The van der Waals surface area contributed by atoms with Crippen LogP contribution in [0.5, 0.6) is 0 Å². The minimum atomic E-state index is 0.263. The molecule has 0 aliphatic rings. The predicted octanol–water partition coefficient (Wildman–Crippen LogP) is 3.34. The Morgan fingerprint density at radius 1 is 1.30 bits per heavy atom. The Kier molecular flexibility index (Phi) is 4.35. The average molecular weight is 306 g/mol. The SMILES string of the molecule is ClCC(Cc1ccccc1)NCc1cn2ccsc2n1. The quantitative estimate of drug-likeness (QED) is 0.708. The first-order chi connectivity index (χ1) is 9.85. The number of hydrogen-bond donors (Lipinski definition) is 1. The lowest BCUT2D eigenvalue weighted by Crippen LogP contribution is -2.32. The number of fused-ring (bicyclic) bond motifs is 1. The highest BCUT2D eigenvalue weighted by Crippen LogP contribution is 2.12. The number of aromatic nitrogens is 2. The van der Waals surface area contributed by atoms with Crippen LogP contribution in [-0.4, -0.2) is 21.3 Å². The number of benzene rings is 1. The Labute approximate surface area is 127 Å². The molecular weight excluding hydrogens is 290 g/mol. The van der Waals surface area contributed by atoms with Gasteiger partial charge in [-0.1, -0.05) is 30.3 Å². The Balaban J connectivity index is 1.59. The van der Waals surface area contributed by atoms with Crippen LogP contribution in [-0.2, 0) is 13.0 Å². The fraction of sp³-hybridized carbons (Fsp3) is 0.267. The first-order valence-electron chi connectivity index (χ1n) is 6.59. The maximum Gasteiger partial charge on any atom is 0.193 e. The number of rotatable bonds is 6. The van der Waals surface area contributed by atoms with Gasteiger partial charge < -0.3 is 5.32 Å².